The van der Waals surface area contributed by atoms with Crippen LogP contribution in [0.2, 0.25) is 0 Å². The van der Waals surface area contributed by atoms with Crippen molar-refractivity contribution in [2.75, 3.05) is 6.61 Å². The second-order valence-electron chi connectivity index (χ2n) is 3.65. The smallest absolute Gasteiger partial charge is 0.339 e. The third-order valence-electron chi connectivity index (χ3n) is 2.27. The highest BCUT2D eigenvalue weighted by Gasteiger charge is 2.55. The first-order chi connectivity index (χ1) is 8.81. The van der Waals surface area contributed by atoms with Gasteiger partial charge in [-0.25, -0.2) is 4.79 Å². The number of hydrogen-bond donors (Lipinski definition) is 0. The van der Waals surface area contributed by atoms with E-state index in [1.165, 1.54) is 25.1 Å². The van der Waals surface area contributed by atoms with Gasteiger partial charge in [0.05, 0.1) is 6.61 Å². The molecule has 19 heavy (non-hydrogen) atoms. The molecule has 1 aromatic rings. The molecule has 0 aliphatic heterocycles. The second-order valence-corrected chi connectivity index (χ2v) is 3.65. The van der Waals surface area contributed by atoms with E-state index in [1.54, 1.807) is 0 Å². The quantitative estimate of drug-likeness (QED) is 0.467. The van der Waals surface area contributed by atoms with Gasteiger partial charge in [-0.05, 0) is 13.0 Å². The van der Waals surface area contributed by atoms with Crippen LogP contribution in [0.3, 0.4) is 0 Å². The number of ether oxygens (including phenoxy) is 1. The average molecular weight is 276 g/mol. The zero-order chi connectivity index (χ0) is 14.5. The Balaban J connectivity index is 2.95. The minimum Gasteiger partial charge on any atom is -0.463 e. The van der Waals surface area contributed by atoms with Crippen molar-refractivity contribution >= 4 is 5.97 Å². The molecule has 0 radical (unpaired) electrons. The summed E-state index contributed by atoms with van der Waals surface area (Å²) < 4.78 is 58.5. The van der Waals surface area contributed by atoms with Crippen molar-refractivity contribution in [2.24, 2.45) is 0 Å². The van der Waals surface area contributed by atoms with Gasteiger partial charge in [-0.2, -0.15) is 17.6 Å². The highest BCUT2D eigenvalue weighted by Crippen LogP contribution is 2.43. The molecule has 104 valence electrons. The molecule has 0 aliphatic rings. The van der Waals surface area contributed by atoms with Crippen LogP contribution >= 0.6 is 0 Å². The Morgan fingerprint density at radius 3 is 2.32 bits per heavy atom. The fourth-order valence-electron chi connectivity index (χ4n) is 1.31. The van der Waals surface area contributed by atoms with E-state index in [0.717, 1.165) is 12.1 Å². The van der Waals surface area contributed by atoms with Gasteiger partial charge in [0.15, 0.2) is 0 Å². The van der Waals surface area contributed by atoms with Crippen molar-refractivity contribution < 1.29 is 27.1 Å². The standard InChI is InChI=1S/C13H12F4O2/c1-2-19-11(18)8-9-12(14,15)13(16,17)10-6-4-3-5-7-10/h3-9H,2H2,1H3/b9-8-. The molecule has 6 heteroatoms. The Labute approximate surface area is 107 Å². The van der Waals surface area contributed by atoms with Crippen LogP contribution in [0.25, 0.3) is 0 Å². The zero-order valence-electron chi connectivity index (χ0n) is 10.1. The van der Waals surface area contributed by atoms with E-state index in [1.807, 2.05) is 0 Å². The summed E-state index contributed by atoms with van der Waals surface area (Å²) in [5.74, 6) is -9.98. The van der Waals surface area contributed by atoms with E-state index < -0.39 is 23.4 Å². The van der Waals surface area contributed by atoms with Gasteiger partial charge in [0.2, 0.25) is 0 Å². The van der Waals surface area contributed by atoms with Crippen LogP contribution in [-0.2, 0) is 15.5 Å². The van der Waals surface area contributed by atoms with Crippen LogP contribution in [0.15, 0.2) is 42.5 Å². The summed E-state index contributed by atoms with van der Waals surface area (Å²) >= 11 is 0. The van der Waals surface area contributed by atoms with Gasteiger partial charge in [0.1, 0.15) is 0 Å². The summed E-state index contributed by atoms with van der Waals surface area (Å²) in [4.78, 5) is 10.9. The van der Waals surface area contributed by atoms with E-state index >= 15 is 0 Å². The van der Waals surface area contributed by atoms with Gasteiger partial charge in [0, 0.05) is 11.6 Å². The second kappa shape index (κ2) is 5.86. The third kappa shape index (κ3) is 3.56. The van der Waals surface area contributed by atoms with Crippen molar-refractivity contribution in [3.8, 4) is 0 Å². The lowest BCUT2D eigenvalue weighted by molar-refractivity contribution is -0.186. The first kappa shape index (κ1) is 15.2. The summed E-state index contributed by atoms with van der Waals surface area (Å²) in [5.41, 5.74) is -0.825. The Bertz CT molecular complexity index is 455. The van der Waals surface area contributed by atoms with Gasteiger partial charge >= 0.3 is 17.8 Å². The molecule has 0 aliphatic carbocycles. The predicted octanol–water partition coefficient (Wildman–Crippen LogP) is 3.53. The lowest BCUT2D eigenvalue weighted by Crippen LogP contribution is -2.36. The summed E-state index contributed by atoms with van der Waals surface area (Å²) in [7, 11) is 0. The van der Waals surface area contributed by atoms with Crippen molar-refractivity contribution in [3.63, 3.8) is 0 Å². The van der Waals surface area contributed by atoms with Crippen LogP contribution in [0.4, 0.5) is 17.6 Å². The highest BCUT2D eigenvalue weighted by atomic mass is 19.3. The number of rotatable bonds is 5. The van der Waals surface area contributed by atoms with Crippen LogP contribution in [0, 0.1) is 0 Å². The number of carbonyl (C=O) groups is 1. The number of benzene rings is 1. The zero-order valence-corrected chi connectivity index (χ0v) is 10.1. The molecule has 0 spiro atoms. The Kier molecular flexibility index (Phi) is 4.69. The molecular weight excluding hydrogens is 264 g/mol. The molecule has 2 nitrogen and oxygen atoms in total. The maximum Gasteiger partial charge on any atom is 0.339 e. The lowest BCUT2D eigenvalue weighted by Gasteiger charge is -2.24. The van der Waals surface area contributed by atoms with Crippen LogP contribution in [0.5, 0.6) is 0 Å². The molecule has 0 fully saturated rings. The molecule has 0 heterocycles. The number of halogens is 4. The Morgan fingerprint density at radius 1 is 1.21 bits per heavy atom. The van der Waals surface area contributed by atoms with E-state index in [0.29, 0.717) is 6.08 Å². The maximum absolute atomic E-state index is 13.6. The van der Waals surface area contributed by atoms with Gasteiger partial charge < -0.3 is 4.74 Å². The molecule has 0 saturated heterocycles. The Morgan fingerprint density at radius 2 is 1.79 bits per heavy atom. The van der Waals surface area contributed by atoms with Gasteiger partial charge in [-0.15, -0.1) is 0 Å². The van der Waals surface area contributed by atoms with Crippen LogP contribution in [-0.4, -0.2) is 18.5 Å². The maximum atomic E-state index is 13.6. The number of esters is 1. The van der Waals surface area contributed by atoms with E-state index in [9.17, 15) is 22.4 Å². The number of allylic oxidation sites excluding steroid dienone is 1. The van der Waals surface area contributed by atoms with Crippen LogP contribution < -0.4 is 0 Å². The third-order valence-corrected chi connectivity index (χ3v) is 2.27. The fraction of sp³-hybridized carbons (Fsp3) is 0.308. The molecule has 0 atom stereocenters. The van der Waals surface area contributed by atoms with Crippen molar-refractivity contribution in [1.82, 2.24) is 0 Å². The molecule has 0 bridgehead atoms. The van der Waals surface area contributed by atoms with Crippen molar-refractivity contribution in [2.45, 2.75) is 18.8 Å². The average Bonchev–Trinajstić information content (AvgIpc) is 2.38. The van der Waals surface area contributed by atoms with Gasteiger partial charge in [-0.3, -0.25) is 0 Å². The minimum absolute atomic E-state index is 0.0240. The molecule has 1 rings (SSSR count). The number of carbonyl (C=O) groups excluding carboxylic acids is 1. The lowest BCUT2D eigenvalue weighted by atomic mass is 10.0. The molecule has 0 saturated carbocycles. The first-order valence-corrected chi connectivity index (χ1v) is 5.48. The fourth-order valence-corrected chi connectivity index (χ4v) is 1.31. The molecule has 1 aromatic carbocycles. The predicted molar refractivity (Wildman–Crippen MR) is 61.1 cm³/mol. The van der Waals surface area contributed by atoms with Gasteiger partial charge in [0.25, 0.3) is 0 Å². The number of hydrogen-bond acceptors (Lipinski definition) is 2. The molecule has 0 N–H and O–H groups in total. The van der Waals surface area contributed by atoms with E-state index in [4.69, 9.17) is 0 Å². The van der Waals surface area contributed by atoms with Crippen LogP contribution in [0.1, 0.15) is 12.5 Å². The monoisotopic (exact) mass is 276 g/mol. The largest absolute Gasteiger partial charge is 0.463 e. The van der Waals surface area contributed by atoms with E-state index in [-0.39, 0.29) is 12.7 Å². The highest BCUT2D eigenvalue weighted by molar-refractivity contribution is 5.82. The summed E-state index contributed by atoms with van der Waals surface area (Å²) in [6, 6.07) is 5.69. The molecule has 0 aromatic heterocycles. The summed E-state index contributed by atoms with van der Waals surface area (Å²) in [6.07, 6.45) is 0.165. The molecular formula is C13H12F4O2. The normalized spacial score (nSPS) is 12.7. The van der Waals surface area contributed by atoms with Crippen molar-refractivity contribution in [1.29, 1.82) is 0 Å². The minimum atomic E-state index is -4.49. The first-order valence-electron chi connectivity index (χ1n) is 5.48. The summed E-state index contributed by atoms with van der Waals surface area (Å²) in [5, 5.41) is 0. The molecule has 0 unspecified atom stereocenters. The number of alkyl halides is 4. The van der Waals surface area contributed by atoms with E-state index in [2.05, 4.69) is 4.74 Å². The van der Waals surface area contributed by atoms with Crippen molar-refractivity contribution in [3.05, 3.63) is 48.0 Å². The Hall–Kier alpha value is -1.85. The molecule has 0 amide bonds. The summed E-state index contributed by atoms with van der Waals surface area (Å²) in [6.45, 7) is 1.45. The van der Waals surface area contributed by atoms with Gasteiger partial charge in [-0.1, -0.05) is 30.3 Å². The SMILES string of the molecule is CCOC(=O)/C=C\C(F)(F)C(F)(F)c1ccccc1. The topological polar surface area (TPSA) is 26.3 Å².